The predicted molar refractivity (Wildman–Crippen MR) is 63.0 cm³/mol. The summed E-state index contributed by atoms with van der Waals surface area (Å²) in [6, 6.07) is 5.06. The number of carbonyl (C=O) groups is 1. The quantitative estimate of drug-likeness (QED) is 0.915. The molecule has 0 saturated heterocycles. The molecule has 1 amide bonds. The predicted octanol–water partition coefficient (Wildman–Crippen LogP) is 2.58. The van der Waals surface area contributed by atoms with Gasteiger partial charge in [0.2, 0.25) is 5.91 Å². The third-order valence-electron chi connectivity index (χ3n) is 1.79. The lowest BCUT2D eigenvalue weighted by Gasteiger charge is -2.10. The molecule has 0 aliphatic carbocycles. The average Bonchev–Trinajstić information content (AvgIpc) is 2.15. The summed E-state index contributed by atoms with van der Waals surface area (Å²) in [6.45, 7) is 4.80. The number of carbonyl (C=O) groups excluding carboxylic acids is 1. The van der Waals surface area contributed by atoms with Crippen molar-refractivity contribution in [2.45, 2.75) is 13.8 Å². The number of hydrogen-bond acceptors (Lipinski definition) is 2. The first-order chi connectivity index (χ1) is 7.00. The first kappa shape index (κ1) is 12.0. The first-order valence-corrected chi connectivity index (χ1v) is 5.52. The van der Waals surface area contributed by atoms with Gasteiger partial charge in [0.1, 0.15) is 5.75 Å². The number of halogens is 1. The Balaban J connectivity index is 2.79. The molecule has 0 heterocycles. The Morgan fingerprint density at radius 1 is 1.53 bits per heavy atom. The largest absolute Gasteiger partial charge is 0.492 e. The van der Waals surface area contributed by atoms with Crippen LogP contribution in [0.2, 0.25) is 0 Å². The van der Waals surface area contributed by atoms with Gasteiger partial charge in [0, 0.05) is 5.56 Å². The van der Waals surface area contributed by atoms with Gasteiger partial charge in [-0.3, -0.25) is 4.79 Å². The summed E-state index contributed by atoms with van der Waals surface area (Å²) in [5.41, 5.74) is 5.63. The number of rotatable bonds is 4. The third kappa shape index (κ3) is 3.55. The number of hydrogen-bond donors (Lipinski definition) is 1. The zero-order valence-corrected chi connectivity index (χ0v) is 10.4. The van der Waals surface area contributed by atoms with Crippen LogP contribution in [0.3, 0.4) is 0 Å². The van der Waals surface area contributed by atoms with Crippen LogP contribution in [0.25, 0.3) is 0 Å². The maximum atomic E-state index is 10.9. The second-order valence-electron chi connectivity index (χ2n) is 3.71. The fourth-order valence-electron chi connectivity index (χ4n) is 1.03. The summed E-state index contributed by atoms with van der Waals surface area (Å²) in [5, 5.41) is 0. The molecule has 0 fully saturated rings. The van der Waals surface area contributed by atoms with Crippen molar-refractivity contribution in [2.24, 2.45) is 11.7 Å². The van der Waals surface area contributed by atoms with Crippen molar-refractivity contribution >= 4 is 21.8 Å². The Hall–Kier alpha value is -1.03. The Kier molecular flexibility index (Phi) is 4.15. The van der Waals surface area contributed by atoms with Gasteiger partial charge in [0.25, 0.3) is 0 Å². The fourth-order valence-corrected chi connectivity index (χ4v) is 1.52. The highest BCUT2D eigenvalue weighted by atomic mass is 79.9. The van der Waals surface area contributed by atoms with Gasteiger partial charge in [-0.05, 0) is 40.0 Å². The van der Waals surface area contributed by atoms with Crippen LogP contribution < -0.4 is 10.5 Å². The number of amides is 1. The van der Waals surface area contributed by atoms with E-state index in [0.29, 0.717) is 18.1 Å². The van der Waals surface area contributed by atoms with E-state index in [-0.39, 0.29) is 0 Å². The van der Waals surface area contributed by atoms with Crippen molar-refractivity contribution in [2.75, 3.05) is 6.61 Å². The normalized spacial score (nSPS) is 10.4. The Labute approximate surface area is 97.7 Å². The van der Waals surface area contributed by atoms with Crippen molar-refractivity contribution in [3.05, 3.63) is 28.2 Å². The standard InChI is InChI=1S/C11H14BrNO2/c1-7(2)6-15-10-4-3-8(11(13)14)5-9(10)12/h3-5,7H,6H2,1-2H3,(H2,13,14). The molecule has 0 radical (unpaired) electrons. The molecule has 1 aromatic rings. The molecule has 0 aliphatic rings. The molecule has 4 heteroatoms. The Bertz CT molecular complexity index is 364. The summed E-state index contributed by atoms with van der Waals surface area (Å²) < 4.78 is 6.28. The van der Waals surface area contributed by atoms with Crippen LogP contribution in [0.1, 0.15) is 24.2 Å². The highest BCUT2D eigenvalue weighted by molar-refractivity contribution is 9.10. The first-order valence-electron chi connectivity index (χ1n) is 4.73. The van der Waals surface area contributed by atoms with Crippen molar-refractivity contribution in [3.63, 3.8) is 0 Å². The third-order valence-corrected chi connectivity index (χ3v) is 2.41. The minimum atomic E-state index is -0.439. The van der Waals surface area contributed by atoms with E-state index in [4.69, 9.17) is 10.5 Å². The molecule has 1 aromatic carbocycles. The number of benzene rings is 1. The number of ether oxygens (including phenoxy) is 1. The van der Waals surface area contributed by atoms with E-state index < -0.39 is 5.91 Å². The van der Waals surface area contributed by atoms with E-state index in [1.165, 1.54) is 0 Å². The van der Waals surface area contributed by atoms with Gasteiger partial charge in [-0.2, -0.15) is 0 Å². The molecule has 0 spiro atoms. The minimum absolute atomic E-state index is 0.439. The Morgan fingerprint density at radius 2 is 2.20 bits per heavy atom. The summed E-state index contributed by atoms with van der Waals surface area (Å²) in [4.78, 5) is 10.9. The second kappa shape index (κ2) is 5.16. The summed E-state index contributed by atoms with van der Waals surface area (Å²) >= 11 is 3.33. The van der Waals surface area contributed by atoms with E-state index in [1.807, 2.05) is 0 Å². The van der Waals surface area contributed by atoms with Gasteiger partial charge >= 0.3 is 0 Å². The van der Waals surface area contributed by atoms with E-state index in [0.717, 1.165) is 10.2 Å². The second-order valence-corrected chi connectivity index (χ2v) is 4.57. The highest BCUT2D eigenvalue weighted by Crippen LogP contribution is 2.26. The van der Waals surface area contributed by atoms with E-state index in [1.54, 1.807) is 18.2 Å². The van der Waals surface area contributed by atoms with Crippen LogP contribution in [0.5, 0.6) is 5.75 Å². The number of primary amides is 1. The van der Waals surface area contributed by atoms with Gasteiger partial charge in [-0.1, -0.05) is 13.8 Å². The fraction of sp³-hybridized carbons (Fsp3) is 0.364. The highest BCUT2D eigenvalue weighted by Gasteiger charge is 2.06. The average molecular weight is 272 g/mol. The van der Waals surface area contributed by atoms with Crippen LogP contribution >= 0.6 is 15.9 Å². The van der Waals surface area contributed by atoms with Crippen molar-refractivity contribution in [1.82, 2.24) is 0 Å². The zero-order chi connectivity index (χ0) is 11.4. The molecule has 0 aliphatic heterocycles. The molecule has 0 saturated carbocycles. The van der Waals surface area contributed by atoms with Crippen LogP contribution in [-0.4, -0.2) is 12.5 Å². The smallest absolute Gasteiger partial charge is 0.248 e. The van der Waals surface area contributed by atoms with Crippen LogP contribution in [0.4, 0.5) is 0 Å². The maximum absolute atomic E-state index is 10.9. The van der Waals surface area contributed by atoms with Crippen LogP contribution in [-0.2, 0) is 0 Å². The van der Waals surface area contributed by atoms with Gasteiger partial charge in [0.05, 0.1) is 11.1 Å². The molecule has 0 bridgehead atoms. The zero-order valence-electron chi connectivity index (χ0n) is 8.79. The van der Waals surface area contributed by atoms with E-state index in [2.05, 4.69) is 29.8 Å². The lowest BCUT2D eigenvalue weighted by molar-refractivity contribution is 0.1000. The molecule has 0 aromatic heterocycles. The minimum Gasteiger partial charge on any atom is -0.492 e. The summed E-state index contributed by atoms with van der Waals surface area (Å²) in [6.07, 6.45) is 0. The monoisotopic (exact) mass is 271 g/mol. The van der Waals surface area contributed by atoms with Gasteiger partial charge in [0.15, 0.2) is 0 Å². The van der Waals surface area contributed by atoms with E-state index >= 15 is 0 Å². The summed E-state index contributed by atoms with van der Waals surface area (Å²) in [5.74, 6) is 0.757. The van der Waals surface area contributed by atoms with Crippen molar-refractivity contribution in [1.29, 1.82) is 0 Å². The van der Waals surface area contributed by atoms with Gasteiger partial charge in [-0.15, -0.1) is 0 Å². The molecule has 2 N–H and O–H groups in total. The number of nitrogens with two attached hydrogens (primary N) is 1. The molecule has 1 rings (SSSR count). The topological polar surface area (TPSA) is 52.3 Å². The molecule has 0 atom stereocenters. The molecule has 3 nitrogen and oxygen atoms in total. The SMILES string of the molecule is CC(C)COc1ccc(C(N)=O)cc1Br. The van der Waals surface area contributed by atoms with Crippen LogP contribution in [0, 0.1) is 5.92 Å². The maximum Gasteiger partial charge on any atom is 0.248 e. The lowest BCUT2D eigenvalue weighted by Crippen LogP contribution is -2.11. The molecular formula is C11H14BrNO2. The van der Waals surface area contributed by atoms with Crippen LogP contribution in [0.15, 0.2) is 22.7 Å². The molecule has 82 valence electrons. The molecule has 15 heavy (non-hydrogen) atoms. The van der Waals surface area contributed by atoms with Crippen molar-refractivity contribution < 1.29 is 9.53 Å². The molecular weight excluding hydrogens is 258 g/mol. The Morgan fingerprint density at radius 3 is 2.67 bits per heavy atom. The van der Waals surface area contributed by atoms with Gasteiger partial charge < -0.3 is 10.5 Å². The van der Waals surface area contributed by atoms with Gasteiger partial charge in [-0.25, -0.2) is 0 Å². The van der Waals surface area contributed by atoms with E-state index in [9.17, 15) is 4.79 Å². The van der Waals surface area contributed by atoms with Crippen molar-refractivity contribution in [3.8, 4) is 5.75 Å². The molecule has 0 unspecified atom stereocenters. The summed E-state index contributed by atoms with van der Waals surface area (Å²) in [7, 11) is 0. The lowest BCUT2D eigenvalue weighted by atomic mass is 10.2.